The highest BCUT2D eigenvalue weighted by Gasteiger charge is 2.38. The van der Waals surface area contributed by atoms with Crippen LogP contribution in [-0.2, 0) is 19.1 Å². The van der Waals surface area contributed by atoms with Gasteiger partial charge in [0.15, 0.2) is 6.10 Å². The topological polar surface area (TPSA) is 84.9 Å². The van der Waals surface area contributed by atoms with Gasteiger partial charge in [0.05, 0.1) is 12.0 Å². The van der Waals surface area contributed by atoms with Crippen LogP contribution in [0.25, 0.3) is 0 Å². The van der Waals surface area contributed by atoms with Gasteiger partial charge < -0.3 is 19.9 Å². The molecule has 1 aliphatic heterocycles. The van der Waals surface area contributed by atoms with E-state index in [9.17, 15) is 9.59 Å². The molecule has 6 nitrogen and oxygen atoms in total. The van der Waals surface area contributed by atoms with E-state index in [0.29, 0.717) is 26.1 Å². The molecule has 0 saturated carbocycles. The second-order valence-corrected chi connectivity index (χ2v) is 5.48. The fourth-order valence-electron chi connectivity index (χ4n) is 2.75. The number of methoxy groups -OCH3 is 1. The number of carbonyl (C=O) groups excluding carboxylic acids is 1. The zero-order chi connectivity index (χ0) is 16.0. The minimum atomic E-state index is -0.934. The normalized spacial score (nSPS) is 18.4. The molecule has 1 atom stereocenters. The Morgan fingerprint density at radius 1 is 1.32 bits per heavy atom. The van der Waals surface area contributed by atoms with Crippen molar-refractivity contribution < 1.29 is 24.2 Å². The first-order chi connectivity index (χ1) is 10.6. The summed E-state index contributed by atoms with van der Waals surface area (Å²) >= 11 is 0. The Morgan fingerprint density at radius 2 is 1.95 bits per heavy atom. The van der Waals surface area contributed by atoms with Gasteiger partial charge in [-0.05, 0) is 18.4 Å². The number of nitrogens with one attached hydrogen (secondary N) is 1. The van der Waals surface area contributed by atoms with Crippen LogP contribution in [-0.4, -0.2) is 42.8 Å². The van der Waals surface area contributed by atoms with Crippen LogP contribution in [0.5, 0.6) is 0 Å². The van der Waals surface area contributed by atoms with Gasteiger partial charge in [-0.2, -0.15) is 0 Å². The molecular formula is C16H21NO5. The summed E-state index contributed by atoms with van der Waals surface area (Å²) < 4.78 is 10.6. The van der Waals surface area contributed by atoms with Crippen LogP contribution in [0.15, 0.2) is 30.3 Å². The van der Waals surface area contributed by atoms with Gasteiger partial charge in [0.1, 0.15) is 0 Å². The number of rotatable bonds is 6. The van der Waals surface area contributed by atoms with Gasteiger partial charge in [0.2, 0.25) is 0 Å². The summed E-state index contributed by atoms with van der Waals surface area (Å²) in [6, 6.07) is 9.13. The number of carbonyl (C=O) groups is 2. The highest BCUT2D eigenvalue weighted by molar-refractivity contribution is 5.83. The van der Waals surface area contributed by atoms with Crippen molar-refractivity contribution in [2.24, 2.45) is 0 Å². The first-order valence-corrected chi connectivity index (χ1v) is 7.26. The second kappa shape index (κ2) is 7.38. The number of carboxylic acid groups (broad SMARTS) is 1. The van der Waals surface area contributed by atoms with Gasteiger partial charge in [-0.3, -0.25) is 9.59 Å². The molecule has 1 heterocycles. The molecule has 2 rings (SSSR count). The number of hydrogen-bond acceptors (Lipinski definition) is 4. The predicted molar refractivity (Wildman–Crippen MR) is 79.4 cm³/mol. The number of ether oxygens (including phenoxy) is 2. The van der Waals surface area contributed by atoms with Crippen LogP contribution >= 0.6 is 0 Å². The van der Waals surface area contributed by atoms with Crippen molar-refractivity contribution in [3.8, 4) is 0 Å². The molecule has 0 aliphatic carbocycles. The maximum absolute atomic E-state index is 12.6. The van der Waals surface area contributed by atoms with Crippen LogP contribution in [0.4, 0.5) is 0 Å². The van der Waals surface area contributed by atoms with E-state index in [2.05, 4.69) is 5.32 Å². The molecule has 0 bridgehead atoms. The third-order valence-electron chi connectivity index (χ3n) is 3.90. The average molecular weight is 307 g/mol. The first-order valence-electron chi connectivity index (χ1n) is 7.26. The molecule has 120 valence electrons. The van der Waals surface area contributed by atoms with Crippen molar-refractivity contribution in [3.05, 3.63) is 35.9 Å². The molecule has 0 aromatic heterocycles. The Hall–Kier alpha value is -1.92. The van der Waals surface area contributed by atoms with Gasteiger partial charge in [0, 0.05) is 20.3 Å². The lowest BCUT2D eigenvalue weighted by Gasteiger charge is -2.37. The van der Waals surface area contributed by atoms with E-state index in [1.165, 1.54) is 7.11 Å². The molecule has 1 fully saturated rings. The second-order valence-electron chi connectivity index (χ2n) is 5.48. The van der Waals surface area contributed by atoms with Crippen LogP contribution in [0.1, 0.15) is 30.9 Å². The number of hydrogen-bond donors (Lipinski definition) is 2. The lowest BCUT2D eigenvalue weighted by Crippen LogP contribution is -2.54. The molecule has 6 heteroatoms. The van der Waals surface area contributed by atoms with Gasteiger partial charge in [-0.25, -0.2) is 0 Å². The average Bonchev–Trinajstić information content (AvgIpc) is 2.49. The zero-order valence-electron chi connectivity index (χ0n) is 12.6. The molecule has 1 unspecified atom stereocenters. The summed E-state index contributed by atoms with van der Waals surface area (Å²) in [5.74, 6) is -1.26. The third kappa shape index (κ3) is 4.05. The van der Waals surface area contributed by atoms with E-state index in [1.807, 2.05) is 30.3 Å². The quantitative estimate of drug-likeness (QED) is 0.832. The highest BCUT2D eigenvalue weighted by atomic mass is 16.5. The van der Waals surface area contributed by atoms with E-state index in [0.717, 1.165) is 5.56 Å². The molecule has 1 amide bonds. The molecule has 1 aromatic rings. The number of carboxylic acids is 1. The van der Waals surface area contributed by atoms with Gasteiger partial charge in [-0.15, -0.1) is 0 Å². The molecular weight excluding hydrogens is 286 g/mol. The lowest BCUT2D eigenvalue weighted by molar-refractivity contribution is -0.142. The zero-order valence-corrected chi connectivity index (χ0v) is 12.6. The van der Waals surface area contributed by atoms with Crippen molar-refractivity contribution in [2.45, 2.75) is 30.9 Å². The summed E-state index contributed by atoms with van der Waals surface area (Å²) in [5, 5.41) is 12.0. The number of benzene rings is 1. The Balaban J connectivity index is 2.14. The minimum absolute atomic E-state index is 0.118. The predicted octanol–water partition coefficient (Wildman–Crippen LogP) is 1.51. The number of amides is 1. The number of aliphatic carboxylic acids is 1. The van der Waals surface area contributed by atoms with Crippen LogP contribution in [0.3, 0.4) is 0 Å². The maximum Gasteiger partial charge on any atom is 0.305 e. The summed E-state index contributed by atoms with van der Waals surface area (Å²) in [7, 11) is 1.46. The van der Waals surface area contributed by atoms with Crippen molar-refractivity contribution >= 4 is 11.9 Å². The molecule has 0 spiro atoms. The van der Waals surface area contributed by atoms with E-state index >= 15 is 0 Å². The summed E-state index contributed by atoms with van der Waals surface area (Å²) in [6.45, 7) is 0.882. The fraction of sp³-hybridized carbons (Fsp3) is 0.500. The fourth-order valence-corrected chi connectivity index (χ4v) is 2.75. The standard InChI is InChI=1S/C16H21NO5/c1-21-14(12-5-3-2-4-6-12)15(20)17-16(11-13(18)19)7-9-22-10-8-16/h2-6,14H,7-11H2,1H3,(H,17,20)(H,18,19). The van der Waals surface area contributed by atoms with Crippen LogP contribution in [0.2, 0.25) is 0 Å². The molecule has 0 radical (unpaired) electrons. The SMILES string of the molecule is COC(C(=O)NC1(CC(=O)O)CCOCC1)c1ccccc1. The summed E-state index contributed by atoms with van der Waals surface area (Å²) in [6.07, 6.45) is 0.0922. The molecule has 1 aromatic carbocycles. The van der Waals surface area contributed by atoms with Gasteiger partial charge in [0.25, 0.3) is 5.91 Å². The maximum atomic E-state index is 12.6. The Morgan fingerprint density at radius 3 is 2.50 bits per heavy atom. The van der Waals surface area contributed by atoms with E-state index < -0.39 is 17.6 Å². The minimum Gasteiger partial charge on any atom is -0.481 e. The highest BCUT2D eigenvalue weighted by Crippen LogP contribution is 2.26. The smallest absolute Gasteiger partial charge is 0.305 e. The Bertz CT molecular complexity index is 511. The van der Waals surface area contributed by atoms with Crippen molar-refractivity contribution in [1.29, 1.82) is 0 Å². The monoisotopic (exact) mass is 307 g/mol. The van der Waals surface area contributed by atoms with Crippen LogP contribution < -0.4 is 5.32 Å². The van der Waals surface area contributed by atoms with Crippen molar-refractivity contribution in [2.75, 3.05) is 20.3 Å². The molecule has 1 aliphatic rings. The molecule has 22 heavy (non-hydrogen) atoms. The van der Waals surface area contributed by atoms with E-state index in [-0.39, 0.29) is 12.3 Å². The Kier molecular flexibility index (Phi) is 5.51. The van der Waals surface area contributed by atoms with E-state index in [4.69, 9.17) is 14.6 Å². The summed E-state index contributed by atoms with van der Waals surface area (Å²) in [5.41, 5.74) is -0.0350. The van der Waals surface area contributed by atoms with Crippen molar-refractivity contribution in [3.63, 3.8) is 0 Å². The lowest BCUT2D eigenvalue weighted by atomic mass is 9.86. The molecule has 2 N–H and O–H groups in total. The van der Waals surface area contributed by atoms with Gasteiger partial charge >= 0.3 is 5.97 Å². The van der Waals surface area contributed by atoms with Crippen molar-refractivity contribution in [1.82, 2.24) is 5.32 Å². The Labute approximate surface area is 129 Å². The molecule has 1 saturated heterocycles. The van der Waals surface area contributed by atoms with Crippen LogP contribution in [0, 0.1) is 0 Å². The van der Waals surface area contributed by atoms with Gasteiger partial charge in [-0.1, -0.05) is 30.3 Å². The van der Waals surface area contributed by atoms with E-state index in [1.54, 1.807) is 0 Å². The first kappa shape index (κ1) is 16.5. The largest absolute Gasteiger partial charge is 0.481 e. The third-order valence-corrected chi connectivity index (χ3v) is 3.90. The summed E-state index contributed by atoms with van der Waals surface area (Å²) in [4.78, 5) is 23.7.